The molecule has 0 aromatic heterocycles. The second-order valence-electron chi connectivity index (χ2n) is 8.09. The molecule has 6 heteroatoms. The van der Waals surface area contributed by atoms with Crippen molar-refractivity contribution in [1.29, 1.82) is 0 Å². The van der Waals surface area contributed by atoms with Crippen molar-refractivity contribution in [2.75, 3.05) is 33.2 Å². The van der Waals surface area contributed by atoms with Crippen LogP contribution in [0.25, 0.3) is 0 Å². The molecule has 4 fully saturated rings. The lowest BCUT2D eigenvalue weighted by molar-refractivity contribution is -0.139. The topological polar surface area (TPSA) is 61.9 Å². The van der Waals surface area contributed by atoms with Crippen LogP contribution in [0.5, 0.6) is 0 Å². The summed E-state index contributed by atoms with van der Waals surface area (Å²) in [5, 5.41) is 3.18. The zero-order valence-electron chi connectivity index (χ0n) is 14.6. The van der Waals surface area contributed by atoms with Crippen molar-refractivity contribution in [3.63, 3.8) is 0 Å². The molecule has 1 saturated carbocycles. The van der Waals surface area contributed by atoms with Crippen molar-refractivity contribution >= 4 is 11.8 Å². The molecule has 0 aromatic carbocycles. The second kappa shape index (κ2) is 6.64. The molecule has 3 heterocycles. The van der Waals surface area contributed by atoms with E-state index in [1.165, 1.54) is 0 Å². The van der Waals surface area contributed by atoms with Gasteiger partial charge in [-0.05, 0) is 64.6 Å². The van der Waals surface area contributed by atoms with E-state index >= 15 is 0 Å². The molecule has 134 valence electrons. The van der Waals surface area contributed by atoms with Crippen LogP contribution in [0, 0.1) is 11.8 Å². The molecule has 6 nitrogen and oxygen atoms in total. The monoisotopic (exact) mass is 335 g/mol. The molecule has 1 aliphatic carbocycles. The number of hydrogen-bond donors (Lipinski definition) is 1. The summed E-state index contributed by atoms with van der Waals surface area (Å²) in [6.07, 6.45) is 5.65. The Morgan fingerprint density at radius 1 is 1.04 bits per heavy atom. The number of amides is 2. The lowest BCUT2D eigenvalue weighted by Gasteiger charge is -2.34. The van der Waals surface area contributed by atoms with Crippen LogP contribution in [0.4, 0.5) is 0 Å². The van der Waals surface area contributed by atoms with Gasteiger partial charge in [0, 0.05) is 25.0 Å². The minimum absolute atomic E-state index is 0.0506. The third kappa shape index (κ3) is 3.45. The quantitative estimate of drug-likeness (QED) is 0.821. The number of hydrogen-bond acceptors (Lipinski definition) is 4. The van der Waals surface area contributed by atoms with Gasteiger partial charge in [-0.3, -0.25) is 9.59 Å². The molecule has 3 saturated heterocycles. The van der Waals surface area contributed by atoms with Crippen molar-refractivity contribution < 1.29 is 14.3 Å². The molecular weight excluding hydrogens is 306 g/mol. The number of piperidine rings is 2. The van der Waals surface area contributed by atoms with E-state index in [0.29, 0.717) is 18.4 Å². The Morgan fingerprint density at radius 3 is 2.50 bits per heavy atom. The predicted octanol–water partition coefficient (Wildman–Crippen LogP) is 0.613. The first-order valence-corrected chi connectivity index (χ1v) is 9.53. The fraction of sp³-hybridized carbons (Fsp3) is 0.889. The molecule has 3 atom stereocenters. The fourth-order valence-corrected chi connectivity index (χ4v) is 4.33. The van der Waals surface area contributed by atoms with Crippen LogP contribution >= 0.6 is 0 Å². The van der Waals surface area contributed by atoms with Crippen LogP contribution in [0.15, 0.2) is 0 Å². The highest BCUT2D eigenvalue weighted by atomic mass is 16.5. The number of carbonyl (C=O) groups is 2. The maximum atomic E-state index is 12.5. The van der Waals surface area contributed by atoms with Gasteiger partial charge in [-0.15, -0.1) is 0 Å². The summed E-state index contributed by atoms with van der Waals surface area (Å²) in [5.41, 5.74) is 0. The minimum atomic E-state index is -0.323. The van der Waals surface area contributed by atoms with Crippen LogP contribution in [-0.2, 0) is 14.3 Å². The van der Waals surface area contributed by atoms with Crippen molar-refractivity contribution in [3.05, 3.63) is 0 Å². The van der Waals surface area contributed by atoms with E-state index in [1.54, 1.807) is 0 Å². The van der Waals surface area contributed by atoms with E-state index in [-0.39, 0.29) is 30.1 Å². The van der Waals surface area contributed by atoms with Gasteiger partial charge in [-0.25, -0.2) is 0 Å². The third-order valence-corrected chi connectivity index (χ3v) is 6.15. The van der Waals surface area contributed by atoms with Crippen LogP contribution in [0.2, 0.25) is 0 Å². The predicted molar refractivity (Wildman–Crippen MR) is 89.4 cm³/mol. The summed E-state index contributed by atoms with van der Waals surface area (Å²) in [7, 11) is 2.12. The lowest BCUT2D eigenvalue weighted by atomic mass is 9.91. The van der Waals surface area contributed by atoms with E-state index in [0.717, 1.165) is 58.2 Å². The molecule has 0 spiro atoms. The molecule has 4 rings (SSSR count). The highest BCUT2D eigenvalue weighted by Gasteiger charge is 2.44. The second-order valence-corrected chi connectivity index (χ2v) is 8.09. The maximum absolute atomic E-state index is 12.5. The first-order chi connectivity index (χ1) is 11.6. The molecule has 2 amide bonds. The highest BCUT2D eigenvalue weighted by Crippen LogP contribution is 2.37. The summed E-state index contributed by atoms with van der Waals surface area (Å²) in [4.78, 5) is 29.1. The zero-order valence-corrected chi connectivity index (χ0v) is 14.6. The van der Waals surface area contributed by atoms with Gasteiger partial charge >= 0.3 is 0 Å². The van der Waals surface area contributed by atoms with Crippen LogP contribution in [0.1, 0.15) is 38.5 Å². The Bertz CT molecular complexity index is 500. The van der Waals surface area contributed by atoms with Crippen molar-refractivity contribution in [1.82, 2.24) is 15.1 Å². The number of likely N-dealkylation sites (tertiary alicyclic amines) is 2. The molecule has 0 bridgehead atoms. The number of carbonyl (C=O) groups excluding carboxylic acids is 2. The molecule has 0 unspecified atom stereocenters. The third-order valence-electron chi connectivity index (χ3n) is 6.15. The zero-order chi connectivity index (χ0) is 16.7. The highest BCUT2D eigenvalue weighted by molar-refractivity contribution is 5.82. The van der Waals surface area contributed by atoms with Gasteiger partial charge in [0.25, 0.3) is 0 Å². The van der Waals surface area contributed by atoms with Crippen LogP contribution in [-0.4, -0.2) is 73.1 Å². The Morgan fingerprint density at radius 2 is 1.79 bits per heavy atom. The largest absolute Gasteiger partial charge is 0.363 e. The van der Waals surface area contributed by atoms with Gasteiger partial charge < -0.3 is 19.9 Å². The van der Waals surface area contributed by atoms with E-state index in [4.69, 9.17) is 4.74 Å². The first kappa shape index (κ1) is 16.3. The van der Waals surface area contributed by atoms with Gasteiger partial charge in [0.2, 0.25) is 11.8 Å². The average Bonchev–Trinajstić information content (AvgIpc) is 3.34. The fourth-order valence-electron chi connectivity index (χ4n) is 4.33. The van der Waals surface area contributed by atoms with E-state index in [2.05, 4.69) is 17.3 Å². The number of nitrogens with one attached hydrogen (secondary N) is 1. The van der Waals surface area contributed by atoms with Gasteiger partial charge in [-0.2, -0.15) is 0 Å². The lowest BCUT2D eigenvalue weighted by Crippen LogP contribution is -2.47. The minimum Gasteiger partial charge on any atom is -0.363 e. The normalized spacial score (nSPS) is 34.9. The van der Waals surface area contributed by atoms with Gasteiger partial charge in [0.1, 0.15) is 6.10 Å². The number of rotatable bonds is 3. The summed E-state index contributed by atoms with van der Waals surface area (Å²) < 4.78 is 6.05. The Labute approximate surface area is 143 Å². The van der Waals surface area contributed by atoms with E-state index < -0.39 is 0 Å². The van der Waals surface area contributed by atoms with E-state index in [9.17, 15) is 9.59 Å². The number of fused-ring (bicyclic) bond motifs is 1. The van der Waals surface area contributed by atoms with Crippen molar-refractivity contribution in [2.45, 2.75) is 56.8 Å². The summed E-state index contributed by atoms with van der Waals surface area (Å²) in [6.45, 7) is 3.60. The van der Waals surface area contributed by atoms with Crippen LogP contribution < -0.4 is 5.32 Å². The molecule has 24 heavy (non-hydrogen) atoms. The Kier molecular flexibility index (Phi) is 4.52. The SMILES string of the molecule is CN1CCC(NC(=O)[C@H]2C[C@@H]3CCN(C(=O)C4CC4)C[C@@H]3O2)CC1. The Hall–Kier alpha value is -1.14. The average molecular weight is 335 g/mol. The number of ether oxygens (including phenoxy) is 1. The van der Waals surface area contributed by atoms with Crippen molar-refractivity contribution in [3.8, 4) is 0 Å². The van der Waals surface area contributed by atoms with Crippen molar-refractivity contribution in [2.24, 2.45) is 11.8 Å². The molecule has 4 aliphatic rings. The van der Waals surface area contributed by atoms with Crippen LogP contribution in [0.3, 0.4) is 0 Å². The first-order valence-electron chi connectivity index (χ1n) is 9.53. The molecular formula is C18H29N3O3. The summed E-state index contributed by atoms with van der Waals surface area (Å²) in [5.74, 6) is 1.06. The maximum Gasteiger partial charge on any atom is 0.249 e. The van der Waals surface area contributed by atoms with E-state index in [1.807, 2.05) is 4.90 Å². The van der Waals surface area contributed by atoms with Gasteiger partial charge in [0.05, 0.1) is 6.10 Å². The molecule has 0 radical (unpaired) electrons. The summed E-state index contributed by atoms with van der Waals surface area (Å²) >= 11 is 0. The molecule has 1 N–H and O–H groups in total. The Balaban J connectivity index is 1.28. The molecule has 3 aliphatic heterocycles. The van der Waals surface area contributed by atoms with Gasteiger partial charge in [0.15, 0.2) is 0 Å². The van der Waals surface area contributed by atoms with Gasteiger partial charge in [-0.1, -0.05) is 0 Å². The smallest absolute Gasteiger partial charge is 0.249 e. The summed E-state index contributed by atoms with van der Waals surface area (Å²) in [6, 6.07) is 0.285. The number of nitrogens with zero attached hydrogens (tertiary/aromatic N) is 2. The standard InChI is InChI=1S/C18H29N3O3/c1-20-7-5-14(6-8-20)19-17(22)15-10-13-4-9-21(11-16(13)24-15)18(23)12-2-3-12/h12-16H,2-11H2,1H3,(H,19,22)/t13-,15+,16-/m0/s1. The molecule has 0 aromatic rings.